The average Bonchev–Trinajstić information content (AvgIpc) is 2.50. The van der Waals surface area contributed by atoms with Crippen molar-refractivity contribution < 1.29 is 14.6 Å². The molecule has 0 amide bonds. The molecule has 6 heteroatoms. The van der Waals surface area contributed by atoms with E-state index in [9.17, 15) is 0 Å². The van der Waals surface area contributed by atoms with E-state index in [-0.39, 0.29) is 6.61 Å². The molecule has 0 saturated carbocycles. The van der Waals surface area contributed by atoms with Crippen molar-refractivity contribution in [2.24, 2.45) is 0 Å². The summed E-state index contributed by atoms with van der Waals surface area (Å²) in [5, 5.41) is 15.7. The molecule has 0 radical (unpaired) electrons. The van der Waals surface area contributed by atoms with Gasteiger partial charge in [-0.15, -0.1) is 0 Å². The normalized spacial score (nSPS) is 10.7. The van der Waals surface area contributed by atoms with Gasteiger partial charge in [0.25, 0.3) is 0 Å². The lowest BCUT2D eigenvalue weighted by Gasteiger charge is -2.14. The van der Waals surface area contributed by atoms with E-state index in [4.69, 9.17) is 26.2 Å². The van der Waals surface area contributed by atoms with Gasteiger partial charge in [-0.2, -0.15) is 0 Å². The zero-order valence-electron chi connectivity index (χ0n) is 12.7. The zero-order chi connectivity index (χ0) is 15.5. The number of ether oxygens (including phenoxy) is 2. The van der Waals surface area contributed by atoms with Gasteiger partial charge in [0.1, 0.15) is 0 Å². The first-order valence-electron chi connectivity index (χ1n) is 7.24. The maximum Gasteiger partial charge on any atom is 0.162 e. The highest BCUT2D eigenvalue weighted by atomic mass is 35.5. The number of hydrogen-bond donors (Lipinski definition) is 3. The van der Waals surface area contributed by atoms with Crippen molar-refractivity contribution in [3.8, 4) is 11.5 Å². The van der Waals surface area contributed by atoms with Crippen LogP contribution in [0, 0.1) is 0 Å². The molecule has 1 rings (SSSR count). The second kappa shape index (κ2) is 10.7. The molecule has 1 aromatic carbocycles. The fraction of sp³-hybridized carbons (Fsp3) is 0.600. The summed E-state index contributed by atoms with van der Waals surface area (Å²) in [6, 6.07) is 3.71. The molecule has 0 saturated heterocycles. The summed E-state index contributed by atoms with van der Waals surface area (Å²) < 4.78 is 11.0. The van der Waals surface area contributed by atoms with E-state index >= 15 is 0 Å². The van der Waals surface area contributed by atoms with E-state index in [2.05, 4.69) is 17.6 Å². The van der Waals surface area contributed by atoms with Crippen LogP contribution in [-0.4, -0.2) is 45.1 Å². The third-order valence-corrected chi connectivity index (χ3v) is 3.23. The molecule has 21 heavy (non-hydrogen) atoms. The van der Waals surface area contributed by atoms with Gasteiger partial charge in [-0.1, -0.05) is 18.5 Å². The van der Waals surface area contributed by atoms with Crippen molar-refractivity contribution >= 4 is 11.6 Å². The van der Waals surface area contributed by atoms with Crippen LogP contribution in [0.3, 0.4) is 0 Å². The molecular weight excluding hydrogens is 292 g/mol. The van der Waals surface area contributed by atoms with Crippen molar-refractivity contribution in [3.05, 3.63) is 22.7 Å². The number of hydrogen-bond acceptors (Lipinski definition) is 5. The SMILES string of the molecule is CCCOc1cc(Cl)c(CNCCNCCO)cc1OC. The van der Waals surface area contributed by atoms with Crippen LogP contribution in [-0.2, 0) is 6.54 Å². The van der Waals surface area contributed by atoms with Crippen LogP contribution in [0.4, 0.5) is 0 Å². The van der Waals surface area contributed by atoms with Crippen LogP contribution >= 0.6 is 11.6 Å². The summed E-state index contributed by atoms with van der Waals surface area (Å²) in [6.45, 7) is 5.71. The molecule has 0 spiro atoms. The summed E-state index contributed by atoms with van der Waals surface area (Å²) in [6.07, 6.45) is 0.935. The summed E-state index contributed by atoms with van der Waals surface area (Å²) in [4.78, 5) is 0. The highest BCUT2D eigenvalue weighted by Gasteiger charge is 2.10. The summed E-state index contributed by atoms with van der Waals surface area (Å²) in [7, 11) is 1.62. The number of aliphatic hydroxyl groups excluding tert-OH is 1. The van der Waals surface area contributed by atoms with Crippen LogP contribution in [0.2, 0.25) is 5.02 Å². The van der Waals surface area contributed by atoms with Crippen molar-refractivity contribution in [1.29, 1.82) is 0 Å². The molecule has 0 aromatic heterocycles. The molecule has 0 unspecified atom stereocenters. The monoisotopic (exact) mass is 316 g/mol. The lowest BCUT2D eigenvalue weighted by molar-refractivity contribution is 0.292. The third-order valence-electron chi connectivity index (χ3n) is 2.88. The van der Waals surface area contributed by atoms with Crippen LogP contribution in [0.1, 0.15) is 18.9 Å². The number of nitrogens with one attached hydrogen (secondary N) is 2. The first-order valence-corrected chi connectivity index (χ1v) is 7.62. The Kier molecular flexibility index (Phi) is 9.17. The van der Waals surface area contributed by atoms with E-state index in [1.54, 1.807) is 13.2 Å². The van der Waals surface area contributed by atoms with Crippen LogP contribution in [0.15, 0.2) is 12.1 Å². The summed E-state index contributed by atoms with van der Waals surface area (Å²) >= 11 is 6.28. The van der Waals surface area contributed by atoms with E-state index in [1.165, 1.54) is 0 Å². The zero-order valence-corrected chi connectivity index (χ0v) is 13.5. The Bertz CT molecular complexity index is 416. The first-order chi connectivity index (χ1) is 10.2. The van der Waals surface area contributed by atoms with E-state index in [0.29, 0.717) is 36.2 Å². The number of rotatable bonds is 11. The Morgan fingerprint density at radius 2 is 1.90 bits per heavy atom. The molecule has 0 atom stereocenters. The van der Waals surface area contributed by atoms with E-state index in [0.717, 1.165) is 25.1 Å². The summed E-state index contributed by atoms with van der Waals surface area (Å²) in [5.41, 5.74) is 0.972. The number of benzene rings is 1. The lowest BCUT2D eigenvalue weighted by Crippen LogP contribution is -2.28. The number of halogens is 1. The molecule has 3 N–H and O–H groups in total. The average molecular weight is 317 g/mol. The Hall–Kier alpha value is -1.01. The maximum atomic E-state index is 8.66. The Morgan fingerprint density at radius 1 is 1.14 bits per heavy atom. The molecule has 120 valence electrons. The first kappa shape index (κ1) is 18.0. The lowest BCUT2D eigenvalue weighted by atomic mass is 10.2. The Labute approximate surface area is 131 Å². The minimum absolute atomic E-state index is 0.155. The smallest absolute Gasteiger partial charge is 0.162 e. The van der Waals surface area contributed by atoms with Gasteiger partial charge in [0.2, 0.25) is 0 Å². The van der Waals surface area contributed by atoms with E-state index in [1.807, 2.05) is 6.07 Å². The molecule has 5 nitrogen and oxygen atoms in total. The standard InChI is InChI=1S/C15H25ClN2O3/c1-3-8-21-15-10-13(16)12(9-14(15)20-2)11-18-5-4-17-6-7-19/h9-10,17-19H,3-8,11H2,1-2H3. The van der Waals surface area contributed by atoms with Crippen molar-refractivity contribution in [2.45, 2.75) is 19.9 Å². The van der Waals surface area contributed by atoms with Crippen LogP contribution in [0.25, 0.3) is 0 Å². The fourth-order valence-corrected chi connectivity index (χ4v) is 2.02. The second-order valence-corrected chi connectivity index (χ2v) is 5.00. The topological polar surface area (TPSA) is 62.8 Å². The quantitative estimate of drug-likeness (QED) is 0.544. The highest BCUT2D eigenvalue weighted by molar-refractivity contribution is 6.31. The maximum absolute atomic E-state index is 8.66. The molecule has 0 aliphatic rings. The van der Waals surface area contributed by atoms with Crippen LogP contribution in [0.5, 0.6) is 11.5 Å². The van der Waals surface area contributed by atoms with E-state index < -0.39 is 0 Å². The van der Waals surface area contributed by atoms with Gasteiger partial charge in [0.15, 0.2) is 11.5 Å². The van der Waals surface area contributed by atoms with Crippen LogP contribution < -0.4 is 20.1 Å². The molecule has 1 aromatic rings. The molecule has 0 fully saturated rings. The van der Waals surface area contributed by atoms with Gasteiger partial charge in [0, 0.05) is 37.3 Å². The molecule has 0 aliphatic carbocycles. The Balaban J connectivity index is 2.54. The highest BCUT2D eigenvalue weighted by Crippen LogP contribution is 2.33. The molecule has 0 heterocycles. The van der Waals surface area contributed by atoms with Gasteiger partial charge in [0.05, 0.1) is 20.3 Å². The second-order valence-electron chi connectivity index (χ2n) is 4.59. The Morgan fingerprint density at radius 3 is 2.57 bits per heavy atom. The molecule has 0 aliphatic heterocycles. The minimum Gasteiger partial charge on any atom is -0.493 e. The van der Waals surface area contributed by atoms with Gasteiger partial charge in [-0.3, -0.25) is 0 Å². The van der Waals surface area contributed by atoms with Gasteiger partial charge in [-0.25, -0.2) is 0 Å². The van der Waals surface area contributed by atoms with Gasteiger partial charge < -0.3 is 25.2 Å². The molecular formula is C15H25ClN2O3. The third kappa shape index (κ3) is 6.52. The van der Waals surface area contributed by atoms with Crippen molar-refractivity contribution in [1.82, 2.24) is 10.6 Å². The predicted octanol–water partition coefficient (Wildman–Crippen LogP) is 1.81. The fourth-order valence-electron chi connectivity index (χ4n) is 1.80. The van der Waals surface area contributed by atoms with Gasteiger partial charge in [-0.05, 0) is 18.1 Å². The number of aliphatic hydroxyl groups is 1. The largest absolute Gasteiger partial charge is 0.493 e. The molecule has 0 bridgehead atoms. The number of methoxy groups -OCH3 is 1. The van der Waals surface area contributed by atoms with Crippen molar-refractivity contribution in [3.63, 3.8) is 0 Å². The summed E-state index contributed by atoms with van der Waals surface area (Å²) in [5.74, 6) is 1.38. The van der Waals surface area contributed by atoms with Gasteiger partial charge >= 0.3 is 0 Å². The predicted molar refractivity (Wildman–Crippen MR) is 85.5 cm³/mol. The minimum atomic E-state index is 0.155. The van der Waals surface area contributed by atoms with Crippen molar-refractivity contribution in [2.75, 3.05) is 40.0 Å².